The highest BCUT2D eigenvalue weighted by Crippen LogP contribution is 2.16. The summed E-state index contributed by atoms with van der Waals surface area (Å²) in [4.78, 5) is 15.6. The van der Waals surface area contributed by atoms with Crippen molar-refractivity contribution in [2.75, 3.05) is 5.32 Å². The van der Waals surface area contributed by atoms with Gasteiger partial charge in [-0.1, -0.05) is 0 Å². The summed E-state index contributed by atoms with van der Waals surface area (Å²) in [6.45, 7) is 0. The second-order valence-corrected chi connectivity index (χ2v) is 3.65. The predicted octanol–water partition coefficient (Wildman–Crippen LogP) is 1.68. The van der Waals surface area contributed by atoms with Crippen molar-refractivity contribution in [1.29, 1.82) is 5.26 Å². The molecular weight excluding hydrogens is 235 g/mol. The van der Waals surface area contributed by atoms with Crippen LogP contribution in [0.25, 0.3) is 0 Å². The summed E-state index contributed by atoms with van der Waals surface area (Å²) in [5, 5.41) is 11.0. The van der Waals surface area contributed by atoms with Crippen LogP contribution in [0.5, 0.6) is 0 Å². The first-order chi connectivity index (χ1) is 8.61. The Morgan fingerprint density at radius 1 is 1.56 bits per heavy atom. The molecule has 5 nitrogen and oxygen atoms in total. The number of nitriles is 1. The Hall–Kier alpha value is -2.68. The van der Waals surface area contributed by atoms with E-state index < -0.39 is 11.7 Å². The van der Waals surface area contributed by atoms with E-state index in [4.69, 9.17) is 5.26 Å². The minimum absolute atomic E-state index is 0.0280. The molecule has 0 radical (unpaired) electrons. The minimum Gasteiger partial charge on any atom is -0.330 e. The molecule has 0 atom stereocenters. The average Bonchev–Trinajstić information content (AvgIpc) is 2.78. The Bertz CT molecular complexity index is 642. The topological polar surface area (TPSA) is 70.7 Å². The lowest BCUT2D eigenvalue weighted by atomic mass is 10.2. The van der Waals surface area contributed by atoms with Gasteiger partial charge in [-0.15, -0.1) is 0 Å². The van der Waals surface area contributed by atoms with Crippen LogP contribution in [0.1, 0.15) is 16.1 Å². The molecule has 0 aliphatic rings. The zero-order chi connectivity index (χ0) is 13.1. The minimum atomic E-state index is -0.649. The molecule has 1 heterocycles. The van der Waals surface area contributed by atoms with E-state index in [1.165, 1.54) is 29.2 Å². The fraction of sp³-hybridized carbons (Fsp3) is 0.0833. The molecule has 0 aliphatic carbocycles. The van der Waals surface area contributed by atoms with Gasteiger partial charge in [-0.05, 0) is 18.2 Å². The van der Waals surface area contributed by atoms with Crippen LogP contribution >= 0.6 is 0 Å². The van der Waals surface area contributed by atoms with Crippen molar-refractivity contribution in [2.24, 2.45) is 7.05 Å². The van der Waals surface area contributed by atoms with E-state index in [1.807, 2.05) is 6.07 Å². The van der Waals surface area contributed by atoms with Crippen molar-refractivity contribution >= 4 is 11.6 Å². The maximum Gasteiger partial charge on any atom is 0.274 e. The standard InChI is InChI=1S/C12H9FN4O/c1-17-7-15-6-11(17)12(18)16-10-3-2-8(5-14)4-9(10)13/h2-4,6-7H,1H3,(H,16,18). The first kappa shape index (κ1) is 11.8. The van der Waals surface area contributed by atoms with Gasteiger partial charge in [0.15, 0.2) is 0 Å². The Morgan fingerprint density at radius 2 is 2.33 bits per heavy atom. The van der Waals surface area contributed by atoms with E-state index in [2.05, 4.69) is 10.3 Å². The molecule has 2 rings (SSSR count). The van der Waals surface area contributed by atoms with Gasteiger partial charge in [0.1, 0.15) is 11.5 Å². The van der Waals surface area contributed by atoms with Crippen molar-refractivity contribution < 1.29 is 9.18 Å². The molecule has 1 amide bonds. The van der Waals surface area contributed by atoms with Crippen LogP contribution in [0.15, 0.2) is 30.7 Å². The Kier molecular flexibility index (Phi) is 3.06. The monoisotopic (exact) mass is 244 g/mol. The van der Waals surface area contributed by atoms with Crippen molar-refractivity contribution in [2.45, 2.75) is 0 Å². The number of carbonyl (C=O) groups excluding carboxylic acids is 1. The number of anilines is 1. The molecule has 90 valence electrons. The molecular formula is C12H9FN4O. The lowest BCUT2D eigenvalue weighted by Gasteiger charge is -2.06. The lowest BCUT2D eigenvalue weighted by Crippen LogP contribution is -2.16. The average molecular weight is 244 g/mol. The second-order valence-electron chi connectivity index (χ2n) is 3.65. The van der Waals surface area contributed by atoms with Crippen LogP contribution in [0.2, 0.25) is 0 Å². The fourth-order valence-corrected chi connectivity index (χ4v) is 1.45. The largest absolute Gasteiger partial charge is 0.330 e. The molecule has 0 saturated heterocycles. The van der Waals surface area contributed by atoms with Crippen molar-refractivity contribution in [3.8, 4) is 6.07 Å². The number of rotatable bonds is 2. The quantitative estimate of drug-likeness (QED) is 0.873. The van der Waals surface area contributed by atoms with Crippen LogP contribution in [-0.4, -0.2) is 15.5 Å². The van der Waals surface area contributed by atoms with Gasteiger partial charge in [-0.3, -0.25) is 4.79 Å². The summed E-state index contributed by atoms with van der Waals surface area (Å²) in [5.74, 6) is -1.11. The molecule has 0 fully saturated rings. The number of halogens is 1. The van der Waals surface area contributed by atoms with Gasteiger partial charge < -0.3 is 9.88 Å². The van der Waals surface area contributed by atoms with Gasteiger partial charge in [-0.25, -0.2) is 9.37 Å². The summed E-state index contributed by atoms with van der Waals surface area (Å²) in [7, 11) is 1.66. The van der Waals surface area contributed by atoms with Gasteiger partial charge in [0.2, 0.25) is 0 Å². The lowest BCUT2D eigenvalue weighted by molar-refractivity contribution is 0.101. The Labute approximate surface area is 102 Å². The van der Waals surface area contributed by atoms with Crippen LogP contribution in [-0.2, 0) is 7.05 Å². The fourth-order valence-electron chi connectivity index (χ4n) is 1.45. The normalized spacial score (nSPS) is 9.83. The van der Waals surface area contributed by atoms with E-state index in [0.717, 1.165) is 6.07 Å². The number of nitrogens with zero attached hydrogens (tertiary/aromatic N) is 3. The molecule has 0 spiro atoms. The highest BCUT2D eigenvalue weighted by atomic mass is 19.1. The molecule has 0 saturated carbocycles. The third kappa shape index (κ3) is 2.20. The summed E-state index contributed by atoms with van der Waals surface area (Å²) in [6, 6.07) is 5.67. The van der Waals surface area contributed by atoms with Gasteiger partial charge >= 0.3 is 0 Å². The highest BCUT2D eigenvalue weighted by molar-refractivity contribution is 6.03. The van der Waals surface area contributed by atoms with E-state index >= 15 is 0 Å². The third-order valence-electron chi connectivity index (χ3n) is 2.40. The number of hydrogen-bond acceptors (Lipinski definition) is 3. The Balaban J connectivity index is 2.23. The number of hydrogen-bond donors (Lipinski definition) is 1. The molecule has 6 heteroatoms. The molecule has 1 N–H and O–H groups in total. The van der Waals surface area contributed by atoms with Crippen LogP contribution < -0.4 is 5.32 Å². The summed E-state index contributed by atoms with van der Waals surface area (Å²) < 4.78 is 15.1. The number of carbonyl (C=O) groups is 1. The molecule has 0 bridgehead atoms. The van der Waals surface area contributed by atoms with E-state index in [1.54, 1.807) is 7.05 Å². The van der Waals surface area contributed by atoms with Crippen LogP contribution in [0.3, 0.4) is 0 Å². The van der Waals surface area contributed by atoms with Gasteiger partial charge in [0.25, 0.3) is 5.91 Å². The maximum atomic E-state index is 13.6. The van der Waals surface area contributed by atoms with Crippen molar-refractivity contribution in [3.05, 3.63) is 47.8 Å². The summed E-state index contributed by atoms with van der Waals surface area (Å²) >= 11 is 0. The van der Waals surface area contributed by atoms with Gasteiger partial charge in [0.05, 0.1) is 29.8 Å². The highest BCUT2D eigenvalue weighted by Gasteiger charge is 2.12. The zero-order valence-corrected chi connectivity index (χ0v) is 9.51. The zero-order valence-electron chi connectivity index (χ0n) is 9.51. The summed E-state index contributed by atoms with van der Waals surface area (Å²) in [5.41, 5.74) is 0.546. The van der Waals surface area contributed by atoms with Crippen molar-refractivity contribution in [1.82, 2.24) is 9.55 Å². The molecule has 2 aromatic rings. The number of amides is 1. The van der Waals surface area contributed by atoms with E-state index in [0.29, 0.717) is 5.69 Å². The molecule has 18 heavy (non-hydrogen) atoms. The van der Waals surface area contributed by atoms with Crippen molar-refractivity contribution in [3.63, 3.8) is 0 Å². The molecule has 1 aromatic heterocycles. The molecule has 1 aromatic carbocycles. The Morgan fingerprint density at radius 3 is 2.89 bits per heavy atom. The maximum absolute atomic E-state index is 13.6. The van der Waals surface area contributed by atoms with E-state index in [-0.39, 0.29) is 11.3 Å². The summed E-state index contributed by atoms with van der Waals surface area (Å²) in [6.07, 6.45) is 2.86. The number of aryl methyl sites for hydroxylation is 1. The number of benzene rings is 1. The predicted molar refractivity (Wildman–Crippen MR) is 62.3 cm³/mol. The second kappa shape index (κ2) is 4.67. The number of aromatic nitrogens is 2. The van der Waals surface area contributed by atoms with Crippen LogP contribution in [0.4, 0.5) is 10.1 Å². The van der Waals surface area contributed by atoms with Gasteiger partial charge in [0, 0.05) is 7.05 Å². The molecule has 0 aliphatic heterocycles. The van der Waals surface area contributed by atoms with Crippen LogP contribution in [0, 0.1) is 17.1 Å². The molecule has 0 unspecified atom stereocenters. The number of imidazole rings is 1. The SMILES string of the molecule is Cn1cncc1C(=O)Nc1ccc(C#N)cc1F. The van der Waals surface area contributed by atoms with Gasteiger partial charge in [-0.2, -0.15) is 5.26 Å². The first-order valence-corrected chi connectivity index (χ1v) is 5.09. The third-order valence-corrected chi connectivity index (χ3v) is 2.40. The van der Waals surface area contributed by atoms with E-state index in [9.17, 15) is 9.18 Å². The number of nitrogens with one attached hydrogen (secondary N) is 1. The smallest absolute Gasteiger partial charge is 0.274 e. The first-order valence-electron chi connectivity index (χ1n) is 5.09.